The van der Waals surface area contributed by atoms with E-state index < -0.39 is 5.97 Å². The number of fused-ring (bicyclic) bond motifs is 1. The molecule has 0 radical (unpaired) electrons. The zero-order valence-electron chi connectivity index (χ0n) is 19.2. The lowest BCUT2D eigenvalue weighted by molar-refractivity contribution is 0.0693. The second kappa shape index (κ2) is 12.1. The van der Waals surface area contributed by atoms with E-state index in [9.17, 15) is 9.90 Å². The van der Waals surface area contributed by atoms with Crippen LogP contribution in [0.4, 0.5) is 6.01 Å². The second-order valence-electron chi connectivity index (χ2n) is 8.95. The number of nitrogens with zero attached hydrogens (tertiary/aromatic N) is 2. The SMILES string of the molecule is O=C(O)c1ccccc1SCCCN(CCCCCCCC1CC1)c1nc2ccccc2o1. The van der Waals surface area contributed by atoms with Gasteiger partial charge in [-0.3, -0.25) is 0 Å². The normalized spacial score (nSPS) is 13.5. The monoisotopic (exact) mass is 466 g/mol. The zero-order chi connectivity index (χ0) is 22.9. The number of aromatic carboxylic acids is 1. The van der Waals surface area contributed by atoms with Crippen molar-refractivity contribution in [3.05, 3.63) is 54.1 Å². The molecule has 6 heteroatoms. The molecule has 5 nitrogen and oxygen atoms in total. The van der Waals surface area contributed by atoms with Gasteiger partial charge in [-0.2, -0.15) is 4.98 Å². The van der Waals surface area contributed by atoms with Gasteiger partial charge < -0.3 is 14.4 Å². The van der Waals surface area contributed by atoms with Crippen molar-refractivity contribution in [1.29, 1.82) is 0 Å². The molecule has 1 aliphatic carbocycles. The highest BCUT2D eigenvalue weighted by Gasteiger charge is 2.20. The predicted molar refractivity (Wildman–Crippen MR) is 135 cm³/mol. The summed E-state index contributed by atoms with van der Waals surface area (Å²) in [5.74, 6) is 1.02. The second-order valence-corrected chi connectivity index (χ2v) is 10.1. The number of carbonyl (C=O) groups is 1. The van der Waals surface area contributed by atoms with E-state index in [-0.39, 0.29) is 0 Å². The summed E-state index contributed by atoms with van der Waals surface area (Å²) in [4.78, 5) is 19.2. The lowest BCUT2D eigenvalue weighted by Crippen LogP contribution is -2.26. The van der Waals surface area contributed by atoms with Gasteiger partial charge in [0.1, 0.15) is 5.52 Å². The third kappa shape index (κ3) is 7.26. The van der Waals surface area contributed by atoms with E-state index in [1.54, 1.807) is 23.9 Å². The molecule has 0 spiro atoms. The number of benzene rings is 2. The highest BCUT2D eigenvalue weighted by Crippen LogP contribution is 2.34. The van der Waals surface area contributed by atoms with Gasteiger partial charge >= 0.3 is 5.97 Å². The fraction of sp³-hybridized carbons (Fsp3) is 0.481. The molecule has 0 atom stereocenters. The maximum absolute atomic E-state index is 11.4. The van der Waals surface area contributed by atoms with Crippen molar-refractivity contribution in [3.8, 4) is 0 Å². The largest absolute Gasteiger partial charge is 0.478 e. The van der Waals surface area contributed by atoms with Crippen molar-refractivity contribution in [2.24, 2.45) is 5.92 Å². The van der Waals surface area contributed by atoms with Crippen LogP contribution >= 0.6 is 11.8 Å². The highest BCUT2D eigenvalue weighted by atomic mass is 32.2. The fourth-order valence-corrected chi connectivity index (χ4v) is 5.16. The Balaban J connectivity index is 1.28. The summed E-state index contributed by atoms with van der Waals surface area (Å²) >= 11 is 1.60. The van der Waals surface area contributed by atoms with Gasteiger partial charge in [0.05, 0.1) is 5.56 Å². The fourth-order valence-electron chi connectivity index (χ4n) is 4.18. The smallest absolute Gasteiger partial charge is 0.336 e. The van der Waals surface area contributed by atoms with Crippen LogP contribution in [-0.4, -0.2) is 34.9 Å². The first kappa shape index (κ1) is 23.7. The van der Waals surface area contributed by atoms with Gasteiger partial charge in [-0.15, -0.1) is 11.8 Å². The van der Waals surface area contributed by atoms with Crippen molar-refractivity contribution in [3.63, 3.8) is 0 Å². The molecule has 1 fully saturated rings. The molecule has 0 saturated heterocycles. The number of aromatic nitrogens is 1. The number of oxazole rings is 1. The summed E-state index contributed by atoms with van der Waals surface area (Å²) in [5, 5.41) is 9.39. The molecular formula is C27H34N2O3S. The van der Waals surface area contributed by atoms with Gasteiger partial charge in [0.25, 0.3) is 6.01 Å². The maximum atomic E-state index is 11.4. The summed E-state index contributed by atoms with van der Waals surface area (Å²) in [7, 11) is 0. The van der Waals surface area contributed by atoms with Gasteiger partial charge in [0.2, 0.25) is 0 Å². The van der Waals surface area contributed by atoms with Crippen molar-refractivity contribution >= 4 is 34.8 Å². The van der Waals surface area contributed by atoms with E-state index >= 15 is 0 Å². The summed E-state index contributed by atoms with van der Waals surface area (Å²) in [6.07, 6.45) is 11.7. The lowest BCUT2D eigenvalue weighted by Gasteiger charge is -2.20. The number of thioether (sulfide) groups is 1. The molecule has 4 rings (SSSR count). The average Bonchev–Trinajstić information content (AvgIpc) is 3.55. The van der Waals surface area contributed by atoms with Crippen molar-refractivity contribution in [2.75, 3.05) is 23.7 Å². The number of hydrogen-bond acceptors (Lipinski definition) is 5. The van der Waals surface area contributed by atoms with Crippen LogP contribution in [0.25, 0.3) is 11.1 Å². The van der Waals surface area contributed by atoms with Gasteiger partial charge in [-0.05, 0) is 48.8 Å². The number of carboxylic acids is 1. The minimum absolute atomic E-state index is 0.375. The first-order chi connectivity index (χ1) is 16.2. The van der Waals surface area contributed by atoms with Gasteiger partial charge in [-0.1, -0.05) is 69.2 Å². The molecule has 1 aliphatic rings. The van der Waals surface area contributed by atoms with Gasteiger partial charge in [-0.25, -0.2) is 4.79 Å². The molecule has 33 heavy (non-hydrogen) atoms. The van der Waals surface area contributed by atoms with E-state index in [2.05, 4.69) is 4.90 Å². The quantitative estimate of drug-likeness (QED) is 0.188. The minimum Gasteiger partial charge on any atom is -0.478 e. The third-order valence-electron chi connectivity index (χ3n) is 6.24. The molecule has 0 bridgehead atoms. The van der Waals surface area contributed by atoms with Crippen LogP contribution in [0.15, 0.2) is 57.8 Å². The number of carboxylic acid groups (broad SMARTS) is 1. The van der Waals surface area contributed by atoms with E-state index in [1.807, 2.05) is 36.4 Å². The summed E-state index contributed by atoms with van der Waals surface area (Å²) in [5.41, 5.74) is 2.09. The van der Waals surface area contributed by atoms with Gasteiger partial charge in [0, 0.05) is 18.0 Å². The summed E-state index contributed by atoms with van der Waals surface area (Å²) in [6.45, 7) is 1.78. The Kier molecular flexibility index (Phi) is 8.70. The molecule has 1 heterocycles. The number of hydrogen-bond donors (Lipinski definition) is 1. The van der Waals surface area contributed by atoms with Crippen LogP contribution in [0.2, 0.25) is 0 Å². The third-order valence-corrected chi connectivity index (χ3v) is 7.40. The molecule has 176 valence electrons. The topological polar surface area (TPSA) is 66.6 Å². The zero-order valence-corrected chi connectivity index (χ0v) is 20.1. The molecular weight excluding hydrogens is 432 g/mol. The number of anilines is 1. The van der Waals surface area contributed by atoms with E-state index in [0.717, 1.165) is 53.6 Å². The molecule has 1 N–H and O–H groups in total. The number of unbranched alkanes of at least 4 members (excludes halogenated alkanes) is 4. The van der Waals surface area contributed by atoms with E-state index in [1.165, 1.54) is 44.9 Å². The van der Waals surface area contributed by atoms with Crippen LogP contribution in [0.3, 0.4) is 0 Å². The Labute approximate surface area is 200 Å². The van der Waals surface area contributed by atoms with E-state index in [0.29, 0.717) is 11.6 Å². The van der Waals surface area contributed by atoms with Crippen molar-refractivity contribution in [2.45, 2.75) is 62.7 Å². The molecule has 1 saturated carbocycles. The first-order valence-corrected chi connectivity index (χ1v) is 13.2. The molecule has 3 aromatic rings. The maximum Gasteiger partial charge on any atom is 0.336 e. The van der Waals surface area contributed by atoms with Crippen LogP contribution in [0.1, 0.15) is 68.1 Å². The predicted octanol–water partition coefficient (Wildman–Crippen LogP) is 7.27. The van der Waals surface area contributed by atoms with Crippen molar-refractivity contribution in [1.82, 2.24) is 4.98 Å². The lowest BCUT2D eigenvalue weighted by atomic mass is 10.1. The highest BCUT2D eigenvalue weighted by molar-refractivity contribution is 7.99. The average molecular weight is 467 g/mol. The number of rotatable bonds is 15. The first-order valence-electron chi connectivity index (χ1n) is 12.3. The Bertz CT molecular complexity index is 998. The Hall–Kier alpha value is -2.47. The molecule has 1 aromatic heterocycles. The van der Waals surface area contributed by atoms with Gasteiger partial charge in [0.15, 0.2) is 5.58 Å². The molecule has 2 aromatic carbocycles. The Morgan fingerprint density at radius 3 is 2.52 bits per heavy atom. The number of para-hydroxylation sites is 2. The van der Waals surface area contributed by atoms with Crippen molar-refractivity contribution < 1.29 is 14.3 Å². The van der Waals surface area contributed by atoms with Crippen LogP contribution in [-0.2, 0) is 0 Å². The Morgan fingerprint density at radius 2 is 1.70 bits per heavy atom. The molecule has 0 amide bonds. The Morgan fingerprint density at radius 1 is 0.970 bits per heavy atom. The van der Waals surface area contributed by atoms with Crippen LogP contribution in [0.5, 0.6) is 0 Å². The van der Waals surface area contributed by atoms with E-state index in [4.69, 9.17) is 9.40 Å². The van der Waals surface area contributed by atoms with Crippen LogP contribution in [0, 0.1) is 5.92 Å². The summed E-state index contributed by atoms with van der Waals surface area (Å²) in [6, 6.07) is 15.8. The molecule has 0 aliphatic heterocycles. The molecule has 0 unspecified atom stereocenters. The van der Waals surface area contributed by atoms with Crippen LogP contribution < -0.4 is 4.90 Å². The minimum atomic E-state index is -0.872. The standard InChI is InChI=1S/C27H34N2O3S/c30-26(31)22-12-5-8-15-25(22)33-20-10-19-29(18-9-3-1-2-4-11-21-16-17-21)27-28-23-13-6-7-14-24(23)32-27/h5-8,12-15,21H,1-4,9-11,16-20H2,(H,30,31). The summed E-state index contributed by atoms with van der Waals surface area (Å²) < 4.78 is 6.06.